The standard InChI is InChI=1S/C18H28N2/c1-2-3-4-5-6-7-8-9-13-16-19-20-17-18-14-11-10-12-15-18/h2,10-12,14-16,20H,1,3-9,13,17H2. The van der Waals surface area contributed by atoms with E-state index in [0.29, 0.717) is 0 Å². The summed E-state index contributed by atoms with van der Waals surface area (Å²) in [5.41, 5.74) is 4.35. The highest BCUT2D eigenvalue weighted by Gasteiger charge is 1.90. The average molecular weight is 272 g/mol. The molecule has 0 aliphatic heterocycles. The minimum Gasteiger partial charge on any atom is -0.306 e. The lowest BCUT2D eigenvalue weighted by Gasteiger charge is -2.00. The van der Waals surface area contributed by atoms with Gasteiger partial charge in [0, 0.05) is 6.21 Å². The second-order valence-corrected chi connectivity index (χ2v) is 5.12. The van der Waals surface area contributed by atoms with Gasteiger partial charge in [-0.25, -0.2) is 0 Å². The van der Waals surface area contributed by atoms with Crippen LogP contribution >= 0.6 is 0 Å². The third-order valence-corrected chi connectivity index (χ3v) is 3.30. The predicted molar refractivity (Wildman–Crippen MR) is 88.9 cm³/mol. The van der Waals surface area contributed by atoms with Crippen molar-refractivity contribution in [2.75, 3.05) is 0 Å². The fourth-order valence-electron chi connectivity index (χ4n) is 2.09. The number of rotatable bonds is 12. The maximum absolute atomic E-state index is 4.24. The van der Waals surface area contributed by atoms with Gasteiger partial charge in [-0.2, -0.15) is 5.10 Å². The van der Waals surface area contributed by atoms with Crippen LogP contribution in [0.2, 0.25) is 0 Å². The first-order chi connectivity index (χ1) is 9.93. The minimum absolute atomic E-state index is 0.806. The zero-order valence-electron chi connectivity index (χ0n) is 12.6. The second kappa shape index (κ2) is 12.5. The Morgan fingerprint density at radius 3 is 2.25 bits per heavy atom. The third kappa shape index (κ3) is 9.37. The molecule has 0 aromatic heterocycles. The Bertz CT molecular complexity index is 357. The van der Waals surface area contributed by atoms with Crippen molar-refractivity contribution in [3.8, 4) is 0 Å². The van der Waals surface area contributed by atoms with Crippen LogP contribution in [-0.4, -0.2) is 6.21 Å². The number of nitrogens with one attached hydrogen (secondary N) is 1. The first-order valence-electron chi connectivity index (χ1n) is 7.82. The Morgan fingerprint density at radius 2 is 1.55 bits per heavy atom. The van der Waals surface area contributed by atoms with Crippen molar-refractivity contribution in [3.05, 3.63) is 48.6 Å². The molecule has 0 spiro atoms. The van der Waals surface area contributed by atoms with Gasteiger partial charge in [0.25, 0.3) is 0 Å². The zero-order valence-corrected chi connectivity index (χ0v) is 12.6. The molecule has 0 saturated heterocycles. The molecule has 1 N–H and O–H groups in total. The third-order valence-electron chi connectivity index (χ3n) is 3.30. The number of nitrogens with zero attached hydrogens (tertiary/aromatic N) is 1. The molecule has 0 radical (unpaired) electrons. The largest absolute Gasteiger partial charge is 0.306 e. The van der Waals surface area contributed by atoms with Crippen LogP contribution in [0, 0.1) is 0 Å². The summed E-state index contributed by atoms with van der Waals surface area (Å²) < 4.78 is 0. The second-order valence-electron chi connectivity index (χ2n) is 5.12. The van der Waals surface area contributed by atoms with E-state index in [4.69, 9.17) is 0 Å². The zero-order chi connectivity index (χ0) is 14.3. The van der Waals surface area contributed by atoms with Crippen molar-refractivity contribution < 1.29 is 0 Å². The molecule has 1 aromatic rings. The van der Waals surface area contributed by atoms with Crippen molar-refractivity contribution in [2.24, 2.45) is 5.10 Å². The molecule has 20 heavy (non-hydrogen) atoms. The fourth-order valence-corrected chi connectivity index (χ4v) is 2.09. The van der Waals surface area contributed by atoms with Gasteiger partial charge in [-0.1, -0.05) is 62.1 Å². The van der Waals surface area contributed by atoms with Gasteiger partial charge in [-0.15, -0.1) is 6.58 Å². The van der Waals surface area contributed by atoms with Gasteiger partial charge in [-0.05, 0) is 31.2 Å². The molecular formula is C18H28N2. The van der Waals surface area contributed by atoms with Gasteiger partial charge >= 0.3 is 0 Å². The van der Waals surface area contributed by atoms with Crippen molar-refractivity contribution in [1.29, 1.82) is 0 Å². The lowest BCUT2D eigenvalue weighted by atomic mass is 10.1. The van der Waals surface area contributed by atoms with Crippen LogP contribution in [0.1, 0.15) is 56.9 Å². The fraction of sp³-hybridized carbons (Fsp3) is 0.500. The summed E-state index contributed by atoms with van der Waals surface area (Å²) in [7, 11) is 0. The molecule has 0 bridgehead atoms. The van der Waals surface area contributed by atoms with E-state index in [1.54, 1.807) is 0 Å². The number of hydrogen-bond donors (Lipinski definition) is 1. The molecule has 0 amide bonds. The quantitative estimate of drug-likeness (QED) is 0.244. The van der Waals surface area contributed by atoms with E-state index in [1.807, 2.05) is 18.4 Å². The lowest BCUT2D eigenvalue weighted by molar-refractivity contribution is 0.604. The van der Waals surface area contributed by atoms with Crippen LogP contribution in [0.4, 0.5) is 0 Å². The SMILES string of the molecule is C=CCCCCCCCCC=NNCc1ccccc1. The summed E-state index contributed by atoms with van der Waals surface area (Å²) >= 11 is 0. The Hall–Kier alpha value is -1.57. The predicted octanol–water partition coefficient (Wildman–Crippen LogP) is 5.07. The Balaban J connectivity index is 1.86. The molecule has 2 heteroatoms. The summed E-state index contributed by atoms with van der Waals surface area (Å²) in [6.07, 6.45) is 14.2. The van der Waals surface area contributed by atoms with Gasteiger partial charge in [0.15, 0.2) is 0 Å². The van der Waals surface area contributed by atoms with E-state index in [9.17, 15) is 0 Å². The van der Waals surface area contributed by atoms with Crippen molar-refractivity contribution in [3.63, 3.8) is 0 Å². The highest BCUT2D eigenvalue weighted by atomic mass is 15.3. The summed E-state index contributed by atoms with van der Waals surface area (Å²) in [5, 5.41) is 4.24. The maximum Gasteiger partial charge on any atom is 0.0579 e. The molecule has 0 heterocycles. The molecule has 0 aliphatic carbocycles. The Morgan fingerprint density at radius 1 is 0.900 bits per heavy atom. The van der Waals surface area contributed by atoms with E-state index in [1.165, 1.54) is 50.5 Å². The molecular weight excluding hydrogens is 244 g/mol. The summed E-state index contributed by atoms with van der Waals surface area (Å²) in [5.74, 6) is 0. The summed E-state index contributed by atoms with van der Waals surface area (Å²) in [6.45, 7) is 4.55. The first-order valence-corrected chi connectivity index (χ1v) is 7.82. The molecule has 0 atom stereocenters. The van der Waals surface area contributed by atoms with E-state index in [-0.39, 0.29) is 0 Å². The van der Waals surface area contributed by atoms with E-state index >= 15 is 0 Å². The summed E-state index contributed by atoms with van der Waals surface area (Å²) in [6, 6.07) is 10.3. The van der Waals surface area contributed by atoms with Gasteiger partial charge in [0.2, 0.25) is 0 Å². The van der Waals surface area contributed by atoms with Crippen LogP contribution in [0.15, 0.2) is 48.1 Å². The monoisotopic (exact) mass is 272 g/mol. The van der Waals surface area contributed by atoms with Crippen LogP contribution in [0.3, 0.4) is 0 Å². The average Bonchev–Trinajstić information content (AvgIpc) is 2.49. The molecule has 0 unspecified atom stereocenters. The Labute approximate surface area is 124 Å². The molecule has 0 fully saturated rings. The number of hydrogen-bond acceptors (Lipinski definition) is 2. The van der Waals surface area contributed by atoms with Gasteiger partial charge in [0.1, 0.15) is 0 Å². The van der Waals surface area contributed by atoms with Crippen molar-refractivity contribution >= 4 is 6.21 Å². The topological polar surface area (TPSA) is 24.4 Å². The molecule has 110 valence electrons. The molecule has 2 nitrogen and oxygen atoms in total. The van der Waals surface area contributed by atoms with Gasteiger partial charge in [-0.3, -0.25) is 0 Å². The minimum atomic E-state index is 0.806. The van der Waals surface area contributed by atoms with Gasteiger partial charge < -0.3 is 5.43 Å². The Kier molecular flexibility index (Phi) is 10.3. The van der Waals surface area contributed by atoms with E-state index in [2.05, 4.69) is 41.4 Å². The van der Waals surface area contributed by atoms with Gasteiger partial charge in [0.05, 0.1) is 6.54 Å². The highest BCUT2D eigenvalue weighted by molar-refractivity contribution is 5.56. The van der Waals surface area contributed by atoms with E-state index in [0.717, 1.165) is 13.0 Å². The molecule has 1 aromatic carbocycles. The normalized spacial score (nSPS) is 10.8. The van der Waals surface area contributed by atoms with E-state index < -0.39 is 0 Å². The lowest BCUT2D eigenvalue weighted by Crippen LogP contribution is -2.04. The van der Waals surface area contributed by atoms with Crippen LogP contribution in [-0.2, 0) is 6.54 Å². The van der Waals surface area contributed by atoms with Crippen LogP contribution in [0.5, 0.6) is 0 Å². The number of unbranched alkanes of at least 4 members (excludes halogenated alkanes) is 7. The van der Waals surface area contributed by atoms with Crippen molar-refractivity contribution in [2.45, 2.75) is 57.9 Å². The smallest absolute Gasteiger partial charge is 0.0579 e. The van der Waals surface area contributed by atoms with Crippen LogP contribution < -0.4 is 5.43 Å². The molecule has 0 aliphatic rings. The molecule has 0 saturated carbocycles. The van der Waals surface area contributed by atoms with Crippen molar-refractivity contribution in [1.82, 2.24) is 5.43 Å². The number of hydrazone groups is 1. The number of benzene rings is 1. The molecule has 1 rings (SSSR count). The highest BCUT2D eigenvalue weighted by Crippen LogP contribution is 2.08. The van der Waals surface area contributed by atoms with Crippen LogP contribution in [0.25, 0.3) is 0 Å². The maximum atomic E-state index is 4.24. The first kappa shape index (κ1) is 16.5. The summed E-state index contributed by atoms with van der Waals surface area (Å²) in [4.78, 5) is 0. The number of allylic oxidation sites excluding steroid dienone is 1.